The van der Waals surface area contributed by atoms with Crippen molar-refractivity contribution < 1.29 is 20.3 Å². The zero-order chi connectivity index (χ0) is 9.57. The maximum atomic E-state index is 2.52. The number of allylic oxidation sites excluding steroid dienone is 4. The van der Waals surface area contributed by atoms with Gasteiger partial charge in [-0.1, -0.05) is 0 Å². The molecule has 1 rings (SSSR count). The second-order valence-electron chi connectivity index (χ2n) is 5.17. The van der Waals surface area contributed by atoms with Crippen LogP contribution in [0.25, 0.3) is 0 Å². The summed E-state index contributed by atoms with van der Waals surface area (Å²) in [4.78, 5) is 0. The van der Waals surface area contributed by atoms with Gasteiger partial charge in [0.2, 0.25) is 0 Å². The molecule has 1 heteroatoms. The van der Waals surface area contributed by atoms with E-state index in [1.165, 1.54) is 5.57 Å². The minimum absolute atomic E-state index is 0.471. The molecule has 1 atom stereocenters. The average molecular weight is 244 g/mol. The first kappa shape index (κ1) is 10.4. The molecule has 0 saturated carbocycles. The molecule has 0 fully saturated rings. The van der Waals surface area contributed by atoms with Gasteiger partial charge in [0, 0.05) is 0 Å². The van der Waals surface area contributed by atoms with Crippen molar-refractivity contribution in [2.75, 3.05) is 0 Å². The molecule has 0 nitrogen and oxygen atoms in total. The van der Waals surface area contributed by atoms with Crippen molar-refractivity contribution in [3.8, 4) is 0 Å². The first-order valence-electron chi connectivity index (χ1n) is 4.65. The Morgan fingerprint density at radius 2 is 1.67 bits per heavy atom. The summed E-state index contributed by atoms with van der Waals surface area (Å²) in [6.45, 7) is 6.92. The van der Waals surface area contributed by atoms with Crippen LogP contribution in [-0.2, 0) is 20.3 Å². The zero-order valence-electron chi connectivity index (χ0n) is 9.15. The molecule has 68 valence electrons. The third kappa shape index (κ3) is 1.53. The van der Waals surface area contributed by atoms with Crippen molar-refractivity contribution >= 4 is 0 Å². The van der Waals surface area contributed by atoms with Gasteiger partial charge in [0.15, 0.2) is 0 Å². The third-order valence-corrected chi connectivity index (χ3v) is 12.3. The second-order valence-corrected chi connectivity index (χ2v) is 18.8. The summed E-state index contributed by atoms with van der Waals surface area (Å²) in [7, 11) is 0. The molecule has 12 heavy (non-hydrogen) atoms. The molecule has 0 heterocycles. The zero-order valence-corrected chi connectivity index (χ0v) is 11.6. The molecule has 0 N–H and O–H groups in total. The normalized spacial score (nSPS) is 30.2. The summed E-state index contributed by atoms with van der Waals surface area (Å²) >= 11 is -1.83. The van der Waals surface area contributed by atoms with Crippen molar-refractivity contribution in [3.63, 3.8) is 0 Å². The molecule has 0 spiro atoms. The molecule has 0 saturated heterocycles. The SMILES string of the molecule is CC1=C[C](C)([Zr]([CH3])([CH3])[CH3])C(C)=C1. The Bertz CT molecular complexity index is 253. The van der Waals surface area contributed by atoms with Crippen LogP contribution in [0, 0.1) is 0 Å². The molecule has 0 radical (unpaired) electrons. The van der Waals surface area contributed by atoms with Crippen LogP contribution in [0.15, 0.2) is 23.3 Å². The first-order chi connectivity index (χ1) is 5.27. The summed E-state index contributed by atoms with van der Waals surface area (Å²) in [5.41, 5.74) is 3.05. The van der Waals surface area contributed by atoms with Gasteiger partial charge in [-0.2, -0.15) is 0 Å². The Morgan fingerprint density at radius 1 is 1.17 bits per heavy atom. The van der Waals surface area contributed by atoms with E-state index in [1.807, 2.05) is 0 Å². The van der Waals surface area contributed by atoms with E-state index in [0.717, 1.165) is 0 Å². The van der Waals surface area contributed by atoms with Gasteiger partial charge < -0.3 is 0 Å². The summed E-state index contributed by atoms with van der Waals surface area (Å²) in [5, 5.41) is 0. The second kappa shape index (κ2) is 2.94. The predicted octanol–water partition coefficient (Wildman–Crippen LogP) is 4.37. The Labute approximate surface area is 81.2 Å². The van der Waals surface area contributed by atoms with Crippen molar-refractivity contribution in [2.45, 2.75) is 37.8 Å². The van der Waals surface area contributed by atoms with Crippen molar-refractivity contribution in [1.82, 2.24) is 0 Å². The van der Waals surface area contributed by atoms with Gasteiger partial charge in [-0.25, -0.2) is 0 Å². The monoisotopic (exact) mass is 242 g/mol. The van der Waals surface area contributed by atoms with Crippen LogP contribution in [0.3, 0.4) is 0 Å². The van der Waals surface area contributed by atoms with Crippen LogP contribution in [0.5, 0.6) is 0 Å². The Morgan fingerprint density at radius 3 is 1.83 bits per heavy atom. The molecule has 1 aliphatic rings. The number of hydrogen-bond acceptors (Lipinski definition) is 0. The Hall–Kier alpha value is 0.363. The molecule has 0 aliphatic heterocycles. The number of hydrogen-bond donors (Lipinski definition) is 0. The summed E-state index contributed by atoms with van der Waals surface area (Å²) in [6, 6.07) is 0. The summed E-state index contributed by atoms with van der Waals surface area (Å²) < 4.78 is 8.02. The van der Waals surface area contributed by atoms with Crippen LogP contribution in [0.1, 0.15) is 20.8 Å². The fourth-order valence-corrected chi connectivity index (χ4v) is 6.62. The van der Waals surface area contributed by atoms with Crippen molar-refractivity contribution in [1.29, 1.82) is 0 Å². The van der Waals surface area contributed by atoms with Gasteiger partial charge in [0.1, 0.15) is 0 Å². The molecule has 0 aromatic heterocycles. The van der Waals surface area contributed by atoms with E-state index >= 15 is 0 Å². The average Bonchev–Trinajstić information content (AvgIpc) is 2.06. The van der Waals surface area contributed by atoms with E-state index in [0.29, 0.717) is 3.12 Å². The first-order valence-corrected chi connectivity index (χ1v) is 13.3. The topological polar surface area (TPSA) is 0 Å². The summed E-state index contributed by atoms with van der Waals surface area (Å²) in [6.07, 6.45) is 4.83. The molecule has 1 aliphatic carbocycles. The van der Waals surface area contributed by atoms with Gasteiger partial charge >= 0.3 is 81.4 Å². The van der Waals surface area contributed by atoms with Gasteiger partial charge in [-0.15, -0.1) is 0 Å². The van der Waals surface area contributed by atoms with Gasteiger partial charge in [-0.05, 0) is 0 Å². The standard InChI is InChI=1S/C8H11.3CH3.Zr/c1-6-4-7(2)8(3)5-6;;;;/h4-5H,1-3H3;3*1H3;. The molecular formula is C11H20Zr. The van der Waals surface area contributed by atoms with Gasteiger partial charge in [0.25, 0.3) is 0 Å². The molecule has 1 unspecified atom stereocenters. The minimum atomic E-state index is -1.83. The molecule has 0 aromatic rings. The van der Waals surface area contributed by atoms with Gasteiger partial charge in [0.05, 0.1) is 0 Å². The van der Waals surface area contributed by atoms with Crippen LogP contribution < -0.4 is 0 Å². The fraction of sp³-hybridized carbons (Fsp3) is 0.636. The summed E-state index contributed by atoms with van der Waals surface area (Å²) in [5.74, 6) is 0. The quantitative estimate of drug-likeness (QED) is 0.641. The van der Waals surface area contributed by atoms with Crippen LogP contribution in [0.2, 0.25) is 17.0 Å². The van der Waals surface area contributed by atoms with Gasteiger partial charge in [-0.3, -0.25) is 0 Å². The van der Waals surface area contributed by atoms with Crippen LogP contribution >= 0.6 is 0 Å². The predicted molar refractivity (Wildman–Crippen MR) is 53.5 cm³/mol. The van der Waals surface area contributed by atoms with Crippen molar-refractivity contribution in [2.24, 2.45) is 0 Å². The van der Waals surface area contributed by atoms with Crippen LogP contribution in [0.4, 0.5) is 0 Å². The molecule has 0 amide bonds. The van der Waals surface area contributed by atoms with Crippen molar-refractivity contribution in [3.05, 3.63) is 23.3 Å². The van der Waals surface area contributed by atoms with E-state index in [1.54, 1.807) is 5.57 Å². The van der Waals surface area contributed by atoms with E-state index in [-0.39, 0.29) is 0 Å². The molecular weight excluding hydrogens is 223 g/mol. The van der Waals surface area contributed by atoms with E-state index in [2.05, 4.69) is 46.8 Å². The third-order valence-electron chi connectivity index (χ3n) is 3.34. The molecule has 0 bridgehead atoms. The van der Waals surface area contributed by atoms with E-state index < -0.39 is 20.3 Å². The Kier molecular flexibility index (Phi) is 2.56. The van der Waals surface area contributed by atoms with Crippen LogP contribution in [-0.4, -0.2) is 0 Å². The Balaban J connectivity index is 3.11. The van der Waals surface area contributed by atoms with E-state index in [9.17, 15) is 0 Å². The number of rotatable bonds is 1. The fourth-order valence-electron chi connectivity index (χ4n) is 1.91. The maximum absolute atomic E-state index is 2.52. The van der Waals surface area contributed by atoms with E-state index in [4.69, 9.17) is 0 Å². The molecule has 0 aromatic carbocycles.